The Bertz CT molecular complexity index is 566. The first-order chi connectivity index (χ1) is 12.7. The summed E-state index contributed by atoms with van der Waals surface area (Å²) in [5.74, 6) is 1.08. The van der Waals surface area contributed by atoms with Crippen LogP contribution in [-0.2, 0) is 16.0 Å². The maximum Gasteiger partial charge on any atom is 0.191 e. The SMILES string of the molecule is CCNC(=NCc1ccc(Br)cc1F)NCCCOCC1CCOCC1. The molecular weight excluding hydrogens is 401 g/mol. The van der Waals surface area contributed by atoms with E-state index < -0.39 is 0 Å². The van der Waals surface area contributed by atoms with Gasteiger partial charge in [-0.1, -0.05) is 22.0 Å². The average Bonchev–Trinajstić information content (AvgIpc) is 2.64. The number of halogens is 2. The molecule has 1 aliphatic rings. The topological polar surface area (TPSA) is 54.9 Å². The third-order valence-electron chi connectivity index (χ3n) is 4.22. The molecule has 2 rings (SSSR count). The Balaban J connectivity index is 1.66. The van der Waals surface area contributed by atoms with Crippen molar-refractivity contribution < 1.29 is 13.9 Å². The lowest BCUT2D eigenvalue weighted by atomic mass is 10.0. The predicted molar refractivity (Wildman–Crippen MR) is 106 cm³/mol. The summed E-state index contributed by atoms with van der Waals surface area (Å²) in [5, 5.41) is 6.45. The summed E-state index contributed by atoms with van der Waals surface area (Å²) in [6, 6.07) is 5.03. The lowest BCUT2D eigenvalue weighted by molar-refractivity contribution is 0.0203. The van der Waals surface area contributed by atoms with Crippen molar-refractivity contribution in [2.24, 2.45) is 10.9 Å². The van der Waals surface area contributed by atoms with Gasteiger partial charge in [0.25, 0.3) is 0 Å². The smallest absolute Gasteiger partial charge is 0.191 e. The first-order valence-corrected chi connectivity index (χ1v) is 10.1. The van der Waals surface area contributed by atoms with Crippen molar-refractivity contribution in [2.45, 2.75) is 32.7 Å². The Morgan fingerprint density at radius 3 is 2.88 bits per heavy atom. The van der Waals surface area contributed by atoms with E-state index in [0.717, 1.165) is 63.3 Å². The number of nitrogens with zero attached hydrogens (tertiary/aromatic N) is 1. The highest BCUT2D eigenvalue weighted by Crippen LogP contribution is 2.16. The first-order valence-electron chi connectivity index (χ1n) is 9.30. The fourth-order valence-electron chi connectivity index (χ4n) is 2.70. The average molecular weight is 430 g/mol. The Hall–Kier alpha value is -1.18. The van der Waals surface area contributed by atoms with E-state index in [1.807, 2.05) is 13.0 Å². The van der Waals surface area contributed by atoms with E-state index in [2.05, 4.69) is 31.6 Å². The second-order valence-corrected chi connectivity index (χ2v) is 7.26. The maximum atomic E-state index is 13.9. The van der Waals surface area contributed by atoms with Crippen molar-refractivity contribution in [2.75, 3.05) is 39.5 Å². The Labute approximate surface area is 163 Å². The van der Waals surface area contributed by atoms with Crippen molar-refractivity contribution >= 4 is 21.9 Å². The molecule has 1 fully saturated rings. The van der Waals surface area contributed by atoms with Crippen molar-refractivity contribution in [3.05, 3.63) is 34.1 Å². The highest BCUT2D eigenvalue weighted by Gasteiger charge is 2.13. The predicted octanol–water partition coefficient (Wildman–Crippen LogP) is 3.48. The summed E-state index contributed by atoms with van der Waals surface area (Å²) in [4.78, 5) is 4.45. The van der Waals surface area contributed by atoms with Crippen molar-refractivity contribution in [1.82, 2.24) is 10.6 Å². The highest BCUT2D eigenvalue weighted by molar-refractivity contribution is 9.10. The monoisotopic (exact) mass is 429 g/mol. The number of guanidine groups is 1. The molecule has 26 heavy (non-hydrogen) atoms. The summed E-state index contributed by atoms with van der Waals surface area (Å²) in [7, 11) is 0. The first kappa shape index (κ1) is 21.1. The van der Waals surface area contributed by atoms with E-state index in [1.54, 1.807) is 6.07 Å². The molecule has 1 heterocycles. The van der Waals surface area contributed by atoms with Gasteiger partial charge in [-0.3, -0.25) is 0 Å². The number of hydrogen-bond donors (Lipinski definition) is 2. The van der Waals surface area contributed by atoms with E-state index in [-0.39, 0.29) is 5.82 Å². The summed E-state index contributed by atoms with van der Waals surface area (Å²) < 4.78 is 25.7. The van der Waals surface area contributed by atoms with Crippen LogP contribution in [0.1, 0.15) is 31.7 Å². The van der Waals surface area contributed by atoms with Crippen LogP contribution in [0.2, 0.25) is 0 Å². The van der Waals surface area contributed by atoms with Gasteiger partial charge in [-0.15, -0.1) is 0 Å². The maximum absolute atomic E-state index is 13.9. The minimum atomic E-state index is -0.250. The van der Waals surface area contributed by atoms with Gasteiger partial charge in [0.1, 0.15) is 5.82 Å². The quantitative estimate of drug-likeness (QED) is 0.358. The molecule has 0 amide bonds. The van der Waals surface area contributed by atoms with Crippen LogP contribution < -0.4 is 10.6 Å². The number of nitrogens with one attached hydrogen (secondary N) is 2. The van der Waals surface area contributed by atoms with Crippen LogP contribution in [0.3, 0.4) is 0 Å². The lowest BCUT2D eigenvalue weighted by Crippen LogP contribution is -2.38. The molecule has 1 aromatic carbocycles. The van der Waals surface area contributed by atoms with Crippen molar-refractivity contribution in [3.63, 3.8) is 0 Å². The zero-order valence-electron chi connectivity index (χ0n) is 15.4. The molecule has 0 unspecified atom stereocenters. The van der Waals surface area contributed by atoms with Gasteiger partial charge in [0.15, 0.2) is 5.96 Å². The third kappa shape index (κ3) is 8.01. The van der Waals surface area contributed by atoms with E-state index >= 15 is 0 Å². The van der Waals surface area contributed by atoms with Gasteiger partial charge in [0.2, 0.25) is 0 Å². The molecule has 5 nitrogen and oxygen atoms in total. The van der Waals surface area contributed by atoms with Gasteiger partial charge in [-0.25, -0.2) is 9.38 Å². The van der Waals surface area contributed by atoms with Crippen LogP contribution in [0.4, 0.5) is 4.39 Å². The Kier molecular flexibility index (Phi) is 9.95. The highest BCUT2D eigenvalue weighted by atomic mass is 79.9. The molecule has 7 heteroatoms. The second-order valence-electron chi connectivity index (χ2n) is 6.34. The van der Waals surface area contributed by atoms with Gasteiger partial charge in [0, 0.05) is 49.6 Å². The van der Waals surface area contributed by atoms with Crippen LogP contribution in [0.5, 0.6) is 0 Å². The van der Waals surface area contributed by atoms with Gasteiger partial charge in [-0.2, -0.15) is 0 Å². The standard InChI is InChI=1S/C19H29BrFN3O2/c1-2-22-19(24-13-16-4-5-17(20)12-18(16)21)23-8-3-9-26-14-15-6-10-25-11-7-15/h4-5,12,15H,2-3,6-11,13-14H2,1H3,(H2,22,23,24). The number of aliphatic imine (C=N–C) groups is 1. The molecule has 0 radical (unpaired) electrons. The van der Waals surface area contributed by atoms with Gasteiger partial charge in [-0.05, 0) is 44.2 Å². The molecule has 1 aliphatic heterocycles. The summed E-state index contributed by atoms with van der Waals surface area (Å²) in [5.41, 5.74) is 0.574. The zero-order valence-corrected chi connectivity index (χ0v) is 17.0. The van der Waals surface area contributed by atoms with Crippen LogP contribution >= 0.6 is 15.9 Å². The normalized spacial score (nSPS) is 15.9. The van der Waals surface area contributed by atoms with E-state index in [0.29, 0.717) is 24.0 Å². The number of ether oxygens (including phenoxy) is 2. The number of benzene rings is 1. The third-order valence-corrected chi connectivity index (χ3v) is 4.71. The van der Waals surface area contributed by atoms with Crippen molar-refractivity contribution in [1.29, 1.82) is 0 Å². The van der Waals surface area contributed by atoms with E-state index in [1.165, 1.54) is 6.07 Å². The molecule has 1 saturated heterocycles. The lowest BCUT2D eigenvalue weighted by Gasteiger charge is -2.21. The fourth-order valence-corrected chi connectivity index (χ4v) is 3.03. The molecule has 146 valence electrons. The van der Waals surface area contributed by atoms with Crippen LogP contribution in [0, 0.1) is 11.7 Å². The molecule has 0 bridgehead atoms. The molecule has 0 aliphatic carbocycles. The summed E-state index contributed by atoms with van der Waals surface area (Å²) in [6.07, 6.45) is 3.10. The Morgan fingerprint density at radius 2 is 2.15 bits per heavy atom. The fraction of sp³-hybridized carbons (Fsp3) is 0.632. The zero-order chi connectivity index (χ0) is 18.6. The molecule has 2 N–H and O–H groups in total. The minimum absolute atomic E-state index is 0.250. The molecule has 0 spiro atoms. The second kappa shape index (κ2) is 12.3. The van der Waals surface area contributed by atoms with E-state index in [4.69, 9.17) is 9.47 Å². The van der Waals surface area contributed by atoms with Gasteiger partial charge >= 0.3 is 0 Å². The molecule has 0 saturated carbocycles. The van der Waals surface area contributed by atoms with E-state index in [9.17, 15) is 4.39 Å². The summed E-state index contributed by atoms with van der Waals surface area (Å²) >= 11 is 3.26. The number of hydrogen-bond acceptors (Lipinski definition) is 3. The summed E-state index contributed by atoms with van der Waals surface area (Å²) in [6.45, 7) is 7.10. The minimum Gasteiger partial charge on any atom is -0.381 e. The molecular formula is C19H29BrFN3O2. The molecule has 1 aromatic rings. The molecule has 0 atom stereocenters. The molecule has 0 aromatic heterocycles. The van der Waals surface area contributed by atoms with Gasteiger partial charge in [0.05, 0.1) is 6.54 Å². The largest absolute Gasteiger partial charge is 0.381 e. The Morgan fingerprint density at radius 1 is 1.35 bits per heavy atom. The van der Waals surface area contributed by atoms with Crippen molar-refractivity contribution in [3.8, 4) is 0 Å². The number of rotatable bonds is 9. The van der Waals surface area contributed by atoms with Crippen LogP contribution in [-0.4, -0.2) is 45.5 Å². The van der Waals surface area contributed by atoms with Gasteiger partial charge < -0.3 is 20.1 Å². The van der Waals surface area contributed by atoms with Crippen LogP contribution in [0.25, 0.3) is 0 Å². The van der Waals surface area contributed by atoms with Crippen LogP contribution in [0.15, 0.2) is 27.7 Å².